The topological polar surface area (TPSA) is 47.9 Å². The summed E-state index contributed by atoms with van der Waals surface area (Å²) in [5, 5.41) is 4.06. The van der Waals surface area contributed by atoms with Gasteiger partial charge < -0.3 is 9.57 Å². The molecule has 0 aliphatic heterocycles. The van der Waals surface area contributed by atoms with E-state index in [1.807, 2.05) is 25.1 Å². The van der Waals surface area contributed by atoms with Crippen molar-refractivity contribution in [2.45, 2.75) is 20.3 Å². The zero-order chi connectivity index (χ0) is 15.0. The van der Waals surface area contributed by atoms with Crippen LogP contribution in [0.2, 0.25) is 0 Å². The lowest BCUT2D eigenvalue weighted by Gasteiger charge is -2.27. The summed E-state index contributed by atoms with van der Waals surface area (Å²) in [5.74, 6) is -0.430. The Morgan fingerprint density at radius 3 is 2.55 bits per heavy atom. The fourth-order valence-corrected chi connectivity index (χ4v) is 2.49. The van der Waals surface area contributed by atoms with Crippen LogP contribution in [0.5, 0.6) is 0 Å². The Hall–Kier alpha value is -1.11. The molecular formula is C15H20INO3. The number of esters is 1. The number of halogens is 1. The zero-order valence-corrected chi connectivity index (χ0v) is 14.2. The molecule has 0 N–H and O–H groups in total. The third-order valence-electron chi connectivity index (χ3n) is 3.22. The molecule has 1 unspecified atom stereocenters. The predicted octanol–water partition coefficient (Wildman–Crippen LogP) is 3.24. The van der Waals surface area contributed by atoms with Crippen molar-refractivity contribution in [3.8, 4) is 0 Å². The Bertz CT molecular complexity index is 461. The number of alkyl halides is 1. The monoisotopic (exact) mass is 389 g/mol. The number of carbonyl (C=O) groups is 1. The molecule has 0 aliphatic rings. The zero-order valence-electron chi connectivity index (χ0n) is 12.1. The average molecular weight is 389 g/mol. The molecule has 0 spiro atoms. The van der Waals surface area contributed by atoms with E-state index in [0.717, 1.165) is 16.6 Å². The largest absolute Gasteiger partial charge is 0.466 e. The Labute approximate surface area is 133 Å². The summed E-state index contributed by atoms with van der Waals surface area (Å²) in [6.07, 6.45) is 0.883. The summed E-state index contributed by atoms with van der Waals surface area (Å²) in [5.41, 5.74) is 2.03. The second-order valence-electron chi connectivity index (χ2n) is 4.88. The standard InChI is InChI=1S/C15H20INO3/c1-12(17-20-10-14(18)19-3)15(2,11-16)9-13-7-5-4-6-8-13/h4-8H,9-11H2,1-3H3/b17-12+. The van der Waals surface area contributed by atoms with Gasteiger partial charge in [-0.15, -0.1) is 0 Å². The highest BCUT2D eigenvalue weighted by molar-refractivity contribution is 14.1. The van der Waals surface area contributed by atoms with Crippen LogP contribution in [0.3, 0.4) is 0 Å². The van der Waals surface area contributed by atoms with Crippen molar-refractivity contribution in [2.75, 3.05) is 18.1 Å². The summed E-state index contributed by atoms with van der Waals surface area (Å²) in [7, 11) is 1.33. The molecule has 0 heterocycles. The van der Waals surface area contributed by atoms with Crippen LogP contribution in [0, 0.1) is 5.41 Å². The van der Waals surface area contributed by atoms with Gasteiger partial charge in [0.2, 0.25) is 6.61 Å². The van der Waals surface area contributed by atoms with Crippen molar-refractivity contribution in [1.82, 2.24) is 0 Å². The predicted molar refractivity (Wildman–Crippen MR) is 88.2 cm³/mol. The molecule has 4 nitrogen and oxygen atoms in total. The summed E-state index contributed by atoms with van der Waals surface area (Å²) in [6, 6.07) is 10.3. The fourth-order valence-electron chi connectivity index (χ4n) is 1.67. The first-order chi connectivity index (χ1) is 9.51. The van der Waals surface area contributed by atoms with Gasteiger partial charge in [-0.1, -0.05) is 65.0 Å². The highest BCUT2D eigenvalue weighted by Gasteiger charge is 2.27. The van der Waals surface area contributed by atoms with E-state index >= 15 is 0 Å². The summed E-state index contributed by atoms with van der Waals surface area (Å²) < 4.78 is 5.42. The Morgan fingerprint density at radius 1 is 1.35 bits per heavy atom. The average Bonchev–Trinajstić information content (AvgIpc) is 2.47. The van der Waals surface area contributed by atoms with Crippen molar-refractivity contribution in [3.05, 3.63) is 35.9 Å². The first-order valence-electron chi connectivity index (χ1n) is 6.35. The van der Waals surface area contributed by atoms with E-state index in [9.17, 15) is 4.79 Å². The van der Waals surface area contributed by atoms with Crippen LogP contribution in [0.25, 0.3) is 0 Å². The van der Waals surface area contributed by atoms with Gasteiger partial charge in [0.15, 0.2) is 0 Å². The fraction of sp³-hybridized carbons (Fsp3) is 0.467. The number of nitrogens with zero attached hydrogens (tertiary/aromatic N) is 1. The van der Waals surface area contributed by atoms with Crippen LogP contribution in [0.1, 0.15) is 19.4 Å². The number of hydrogen-bond donors (Lipinski definition) is 0. The van der Waals surface area contributed by atoms with Gasteiger partial charge in [-0.25, -0.2) is 4.79 Å². The molecule has 0 aliphatic carbocycles. The number of rotatable bonds is 7. The van der Waals surface area contributed by atoms with Crippen LogP contribution in [-0.4, -0.2) is 29.8 Å². The normalized spacial score (nSPS) is 14.5. The second kappa shape index (κ2) is 8.24. The van der Waals surface area contributed by atoms with Gasteiger partial charge in [0.05, 0.1) is 12.8 Å². The maximum absolute atomic E-state index is 11.0. The minimum atomic E-state index is -0.430. The molecule has 20 heavy (non-hydrogen) atoms. The highest BCUT2D eigenvalue weighted by atomic mass is 127. The van der Waals surface area contributed by atoms with Crippen LogP contribution in [0.4, 0.5) is 0 Å². The van der Waals surface area contributed by atoms with Crippen LogP contribution >= 0.6 is 22.6 Å². The van der Waals surface area contributed by atoms with Gasteiger partial charge in [-0.05, 0) is 18.9 Å². The molecule has 0 saturated heterocycles. The smallest absolute Gasteiger partial charge is 0.346 e. The maximum Gasteiger partial charge on any atom is 0.346 e. The lowest BCUT2D eigenvalue weighted by atomic mass is 9.82. The Morgan fingerprint density at radius 2 is 2.00 bits per heavy atom. The number of ether oxygens (including phenoxy) is 1. The third kappa shape index (κ3) is 5.11. The second-order valence-corrected chi connectivity index (χ2v) is 5.65. The summed E-state index contributed by atoms with van der Waals surface area (Å²) in [6.45, 7) is 3.92. The first kappa shape index (κ1) is 16.9. The number of methoxy groups -OCH3 is 1. The van der Waals surface area contributed by atoms with E-state index in [4.69, 9.17) is 4.84 Å². The highest BCUT2D eigenvalue weighted by Crippen LogP contribution is 2.27. The molecule has 1 rings (SSSR count). The Kier molecular flexibility index (Phi) is 6.98. The molecule has 1 aromatic rings. The molecule has 0 fully saturated rings. The maximum atomic E-state index is 11.0. The van der Waals surface area contributed by atoms with E-state index in [0.29, 0.717) is 0 Å². The molecule has 0 saturated carbocycles. The van der Waals surface area contributed by atoms with Crippen molar-refractivity contribution in [2.24, 2.45) is 10.6 Å². The van der Waals surface area contributed by atoms with Crippen LogP contribution in [-0.2, 0) is 20.8 Å². The molecule has 0 radical (unpaired) electrons. The molecular weight excluding hydrogens is 369 g/mol. The minimum absolute atomic E-state index is 0.0992. The van der Waals surface area contributed by atoms with Crippen molar-refractivity contribution < 1.29 is 14.4 Å². The molecule has 1 aromatic carbocycles. The third-order valence-corrected chi connectivity index (χ3v) is 4.90. The van der Waals surface area contributed by atoms with Crippen molar-refractivity contribution in [1.29, 1.82) is 0 Å². The lowest BCUT2D eigenvalue weighted by Crippen LogP contribution is -2.30. The van der Waals surface area contributed by atoms with Gasteiger partial charge in [0.1, 0.15) is 0 Å². The lowest BCUT2D eigenvalue weighted by molar-refractivity contribution is -0.145. The van der Waals surface area contributed by atoms with Gasteiger partial charge in [-0.2, -0.15) is 0 Å². The minimum Gasteiger partial charge on any atom is -0.466 e. The number of benzene rings is 1. The van der Waals surface area contributed by atoms with Gasteiger partial charge in [0.25, 0.3) is 0 Å². The van der Waals surface area contributed by atoms with E-state index in [-0.39, 0.29) is 12.0 Å². The molecule has 1 atom stereocenters. The van der Waals surface area contributed by atoms with E-state index < -0.39 is 5.97 Å². The van der Waals surface area contributed by atoms with Gasteiger partial charge in [0, 0.05) is 9.84 Å². The van der Waals surface area contributed by atoms with Crippen LogP contribution in [0.15, 0.2) is 35.5 Å². The number of carbonyl (C=O) groups excluding carboxylic acids is 1. The first-order valence-corrected chi connectivity index (χ1v) is 7.88. The Balaban J connectivity index is 2.71. The molecule has 0 amide bonds. The molecule has 5 heteroatoms. The van der Waals surface area contributed by atoms with Gasteiger partial charge in [-0.3, -0.25) is 0 Å². The molecule has 0 aromatic heterocycles. The molecule has 110 valence electrons. The van der Waals surface area contributed by atoms with E-state index in [2.05, 4.69) is 51.5 Å². The number of hydrogen-bond acceptors (Lipinski definition) is 4. The number of oxime groups is 1. The van der Waals surface area contributed by atoms with Crippen LogP contribution < -0.4 is 0 Å². The quantitative estimate of drug-likeness (QED) is 0.237. The van der Waals surface area contributed by atoms with Crippen molar-refractivity contribution in [3.63, 3.8) is 0 Å². The summed E-state index contributed by atoms with van der Waals surface area (Å²) in [4.78, 5) is 16.0. The SMILES string of the molecule is COC(=O)CO/N=C(\C)C(C)(CI)Cc1ccccc1. The van der Waals surface area contributed by atoms with E-state index in [1.54, 1.807) is 0 Å². The molecule has 0 bridgehead atoms. The van der Waals surface area contributed by atoms with Gasteiger partial charge >= 0.3 is 5.97 Å². The summed E-state index contributed by atoms with van der Waals surface area (Å²) >= 11 is 2.35. The van der Waals surface area contributed by atoms with Crippen molar-refractivity contribution >= 4 is 34.3 Å². The van der Waals surface area contributed by atoms with E-state index in [1.165, 1.54) is 12.7 Å².